The van der Waals surface area contributed by atoms with Crippen molar-refractivity contribution in [3.8, 4) is 28.3 Å². The minimum Gasteiger partial charge on any atom is -0.355 e. The van der Waals surface area contributed by atoms with Crippen LogP contribution in [0.4, 0.5) is 13.2 Å². The van der Waals surface area contributed by atoms with Crippen LogP contribution in [0.1, 0.15) is 27.9 Å². The number of carbonyl (C=O) groups is 1. The Morgan fingerprint density at radius 3 is 2.62 bits per heavy atom. The van der Waals surface area contributed by atoms with Crippen LogP contribution in [0.15, 0.2) is 42.9 Å². The van der Waals surface area contributed by atoms with Gasteiger partial charge in [-0.25, -0.2) is 0 Å². The summed E-state index contributed by atoms with van der Waals surface area (Å²) >= 11 is 1.25. The zero-order chi connectivity index (χ0) is 23.0. The van der Waals surface area contributed by atoms with Crippen LogP contribution in [0.5, 0.6) is 0 Å². The third-order valence-electron chi connectivity index (χ3n) is 5.00. The average molecular weight is 455 g/mol. The quantitative estimate of drug-likeness (QED) is 0.464. The Labute approximate surface area is 184 Å². The molecule has 0 bridgehead atoms. The molecule has 4 aromatic rings. The second-order valence-electron chi connectivity index (χ2n) is 6.91. The van der Waals surface area contributed by atoms with Crippen LogP contribution < -0.4 is 5.32 Å². The first-order valence-electron chi connectivity index (χ1n) is 9.56. The highest BCUT2D eigenvalue weighted by molar-refractivity contribution is 7.19. The Morgan fingerprint density at radius 2 is 1.97 bits per heavy atom. The molecule has 162 valence electrons. The number of benzene rings is 1. The van der Waals surface area contributed by atoms with E-state index in [2.05, 4.69) is 21.5 Å². The molecule has 0 atom stereocenters. The number of amides is 1. The molecule has 1 aromatic carbocycles. The normalized spacial score (nSPS) is 11.5. The van der Waals surface area contributed by atoms with E-state index in [4.69, 9.17) is 0 Å². The van der Waals surface area contributed by atoms with Gasteiger partial charge < -0.3 is 5.32 Å². The van der Waals surface area contributed by atoms with E-state index in [0.717, 1.165) is 4.70 Å². The smallest absolute Gasteiger partial charge is 0.355 e. The number of hydrogen-bond acceptors (Lipinski definition) is 5. The number of aromatic nitrogens is 3. The minimum absolute atomic E-state index is 0.132. The molecule has 1 amide bonds. The fourth-order valence-corrected chi connectivity index (χ4v) is 4.36. The van der Waals surface area contributed by atoms with Crippen LogP contribution >= 0.6 is 11.3 Å². The Morgan fingerprint density at radius 1 is 1.19 bits per heavy atom. The van der Waals surface area contributed by atoms with Gasteiger partial charge in [0.25, 0.3) is 5.91 Å². The lowest BCUT2D eigenvalue weighted by Crippen LogP contribution is -2.17. The number of nitrogens with zero attached hydrogens (tertiary/aromatic N) is 4. The number of hydrogen-bond donors (Lipinski definition) is 1. The van der Waals surface area contributed by atoms with Gasteiger partial charge in [-0.2, -0.15) is 23.5 Å². The minimum atomic E-state index is -4.68. The number of rotatable bonds is 4. The van der Waals surface area contributed by atoms with E-state index in [-0.39, 0.29) is 23.2 Å². The first kappa shape index (κ1) is 21.5. The van der Waals surface area contributed by atoms with Gasteiger partial charge in [-0.05, 0) is 36.2 Å². The summed E-state index contributed by atoms with van der Waals surface area (Å²) in [5.41, 5.74) is 0.282. The molecule has 0 fully saturated rings. The number of alkyl halides is 3. The summed E-state index contributed by atoms with van der Waals surface area (Å²) in [6, 6.07) is 8.35. The molecule has 0 aliphatic carbocycles. The van der Waals surface area contributed by atoms with Gasteiger partial charge in [0.05, 0.1) is 4.70 Å². The number of thiophene rings is 1. The number of nitriles is 1. The molecule has 0 aliphatic rings. The molecule has 0 unspecified atom stereocenters. The lowest BCUT2D eigenvalue weighted by molar-refractivity contribution is -0.141. The zero-order valence-electron chi connectivity index (χ0n) is 17.0. The first-order chi connectivity index (χ1) is 15.3. The van der Waals surface area contributed by atoms with E-state index < -0.39 is 17.8 Å². The van der Waals surface area contributed by atoms with Gasteiger partial charge >= 0.3 is 6.18 Å². The van der Waals surface area contributed by atoms with Gasteiger partial charge in [-0.15, -0.1) is 11.3 Å². The third kappa shape index (κ3) is 3.71. The number of pyridine rings is 1. The van der Waals surface area contributed by atoms with Crippen LogP contribution in [0.3, 0.4) is 0 Å². The van der Waals surface area contributed by atoms with Gasteiger partial charge in [0.15, 0.2) is 5.69 Å². The molecule has 0 spiro atoms. The predicted molar refractivity (Wildman–Crippen MR) is 115 cm³/mol. The molecule has 0 saturated heterocycles. The predicted octanol–water partition coefficient (Wildman–Crippen LogP) is 5.10. The molecule has 6 nitrogen and oxygen atoms in total. The van der Waals surface area contributed by atoms with Gasteiger partial charge in [0.2, 0.25) is 0 Å². The van der Waals surface area contributed by atoms with Crippen LogP contribution in [-0.4, -0.2) is 27.7 Å². The lowest BCUT2D eigenvalue weighted by atomic mass is 9.92. The van der Waals surface area contributed by atoms with E-state index in [0.29, 0.717) is 21.4 Å². The van der Waals surface area contributed by atoms with Gasteiger partial charge in [-0.1, -0.05) is 6.07 Å². The van der Waals surface area contributed by atoms with Gasteiger partial charge in [0, 0.05) is 54.3 Å². The van der Waals surface area contributed by atoms with Crippen molar-refractivity contribution in [2.75, 3.05) is 7.05 Å². The maximum absolute atomic E-state index is 13.8. The summed E-state index contributed by atoms with van der Waals surface area (Å²) in [4.78, 5) is 16.9. The molecule has 4 rings (SSSR count). The summed E-state index contributed by atoms with van der Waals surface area (Å²) in [5, 5.41) is 16.2. The third-order valence-corrected chi connectivity index (χ3v) is 5.97. The van der Waals surface area contributed by atoms with Gasteiger partial charge in [0.1, 0.15) is 10.9 Å². The maximum atomic E-state index is 13.8. The van der Waals surface area contributed by atoms with Crippen molar-refractivity contribution in [2.45, 2.75) is 19.6 Å². The van der Waals surface area contributed by atoms with E-state index in [1.807, 2.05) is 0 Å². The van der Waals surface area contributed by atoms with Gasteiger partial charge in [-0.3, -0.25) is 14.5 Å². The van der Waals surface area contributed by atoms with Crippen molar-refractivity contribution in [3.05, 3.63) is 59.0 Å². The molecular weight excluding hydrogens is 439 g/mol. The molecule has 3 aromatic heterocycles. The highest BCUT2D eigenvalue weighted by Crippen LogP contribution is 2.42. The molecule has 0 radical (unpaired) electrons. The van der Waals surface area contributed by atoms with Crippen LogP contribution in [0.25, 0.3) is 32.3 Å². The maximum Gasteiger partial charge on any atom is 0.435 e. The largest absolute Gasteiger partial charge is 0.435 e. The van der Waals surface area contributed by atoms with Crippen molar-refractivity contribution < 1.29 is 18.0 Å². The molecule has 10 heteroatoms. The second-order valence-corrected chi connectivity index (χ2v) is 7.99. The highest BCUT2D eigenvalue weighted by atomic mass is 32.1. The number of aryl methyl sites for hydroxylation is 1. The fourth-order valence-electron chi connectivity index (χ4n) is 3.51. The summed E-state index contributed by atoms with van der Waals surface area (Å²) < 4.78 is 43.5. The second kappa shape index (κ2) is 8.09. The van der Waals surface area contributed by atoms with Crippen molar-refractivity contribution in [1.82, 2.24) is 20.1 Å². The number of fused-ring (bicyclic) bond motifs is 1. The molecular formula is C22H16F3N5OS. The lowest BCUT2D eigenvalue weighted by Gasteiger charge is -2.14. The van der Waals surface area contributed by atoms with Crippen molar-refractivity contribution in [3.63, 3.8) is 0 Å². The average Bonchev–Trinajstić information content (AvgIpc) is 3.42. The molecule has 1 N–H and O–H groups in total. The van der Waals surface area contributed by atoms with Crippen LogP contribution in [-0.2, 0) is 12.7 Å². The Bertz CT molecular complexity index is 1380. The van der Waals surface area contributed by atoms with E-state index in [1.54, 1.807) is 37.5 Å². The number of halogens is 3. The van der Waals surface area contributed by atoms with E-state index in [9.17, 15) is 23.2 Å². The zero-order valence-corrected chi connectivity index (χ0v) is 17.8. The monoisotopic (exact) mass is 455 g/mol. The standard InChI is InChI=1S/C22H16F3N5OS/c1-3-30-11-18(20(29-30)22(23,24)25)15-6-12(21(31)27-2)4-5-14(15)17-9-28-10-19-16(17)7-13(8-26)32-19/h4-7,9-11H,3H2,1-2H3,(H,27,31). The summed E-state index contributed by atoms with van der Waals surface area (Å²) in [5.74, 6) is -0.423. The van der Waals surface area contributed by atoms with Crippen LogP contribution in [0, 0.1) is 11.3 Å². The highest BCUT2D eigenvalue weighted by Gasteiger charge is 2.38. The number of carbonyl (C=O) groups excluding carboxylic acids is 1. The molecule has 0 aliphatic heterocycles. The SMILES string of the molecule is CCn1cc(-c2cc(C(=O)NC)ccc2-c2cncc3sc(C#N)cc23)c(C(F)(F)F)n1. The summed E-state index contributed by atoms with van der Waals surface area (Å²) in [6.45, 7) is 1.94. The topological polar surface area (TPSA) is 83.6 Å². The Kier molecular flexibility index (Phi) is 5.44. The molecule has 3 heterocycles. The summed E-state index contributed by atoms with van der Waals surface area (Å²) in [7, 11) is 1.45. The Balaban J connectivity index is 2.06. The van der Waals surface area contributed by atoms with E-state index in [1.165, 1.54) is 35.3 Å². The van der Waals surface area contributed by atoms with E-state index >= 15 is 0 Å². The Hall–Kier alpha value is -3.71. The summed E-state index contributed by atoms with van der Waals surface area (Å²) in [6.07, 6.45) is -0.195. The molecule has 32 heavy (non-hydrogen) atoms. The van der Waals surface area contributed by atoms with Crippen molar-refractivity contribution in [2.24, 2.45) is 0 Å². The molecule has 0 saturated carbocycles. The number of nitrogens with one attached hydrogen (secondary N) is 1. The fraction of sp³-hybridized carbons (Fsp3) is 0.182. The van der Waals surface area contributed by atoms with Crippen molar-refractivity contribution >= 4 is 27.3 Å². The van der Waals surface area contributed by atoms with Crippen LogP contribution in [0.2, 0.25) is 0 Å². The van der Waals surface area contributed by atoms with Crippen molar-refractivity contribution in [1.29, 1.82) is 5.26 Å². The first-order valence-corrected chi connectivity index (χ1v) is 10.4.